The van der Waals surface area contributed by atoms with E-state index in [0.29, 0.717) is 17.0 Å². The Morgan fingerprint density at radius 1 is 1.38 bits per heavy atom. The fourth-order valence-corrected chi connectivity index (χ4v) is 1.06. The second-order valence-electron chi connectivity index (χ2n) is 2.41. The van der Waals surface area contributed by atoms with Crippen molar-refractivity contribution < 1.29 is 0 Å². The van der Waals surface area contributed by atoms with E-state index in [1.807, 2.05) is 0 Å². The van der Waals surface area contributed by atoms with Crippen LogP contribution >= 0.6 is 0 Å². The first-order valence-electron chi connectivity index (χ1n) is 3.69. The molecule has 7 heteroatoms. The highest BCUT2D eigenvalue weighted by Crippen LogP contribution is 2.11. The Labute approximate surface area is 73.9 Å². The Morgan fingerprint density at radius 3 is 3.00 bits per heavy atom. The first kappa shape index (κ1) is 7.74. The SMILES string of the molecule is CNNn1cnc2c(N)ncnc21. The highest BCUT2D eigenvalue weighted by atomic mass is 15.6. The lowest BCUT2D eigenvalue weighted by molar-refractivity contribution is 0.770. The molecule has 0 amide bonds. The zero-order valence-electron chi connectivity index (χ0n) is 7.02. The Morgan fingerprint density at radius 2 is 2.23 bits per heavy atom. The van der Waals surface area contributed by atoms with Gasteiger partial charge >= 0.3 is 0 Å². The standard InChI is InChI=1S/C6H9N7/c1-8-12-13-3-11-4-5(7)9-2-10-6(4)13/h2-3,8,12H,1H3,(H2,7,9,10). The number of hydrogen-bond acceptors (Lipinski definition) is 6. The maximum absolute atomic E-state index is 5.59. The van der Waals surface area contributed by atoms with E-state index < -0.39 is 0 Å². The van der Waals surface area contributed by atoms with Crippen molar-refractivity contribution in [1.82, 2.24) is 25.1 Å². The van der Waals surface area contributed by atoms with Crippen LogP contribution in [0.2, 0.25) is 0 Å². The van der Waals surface area contributed by atoms with Crippen LogP contribution in [-0.4, -0.2) is 26.7 Å². The molecular weight excluding hydrogens is 170 g/mol. The van der Waals surface area contributed by atoms with Crippen molar-refractivity contribution in [2.75, 3.05) is 18.3 Å². The topological polar surface area (TPSA) is 93.7 Å². The summed E-state index contributed by atoms with van der Waals surface area (Å²) in [6.45, 7) is 0. The Bertz CT molecular complexity index is 420. The second-order valence-corrected chi connectivity index (χ2v) is 2.41. The van der Waals surface area contributed by atoms with Crippen molar-refractivity contribution in [3.8, 4) is 0 Å². The van der Waals surface area contributed by atoms with Gasteiger partial charge in [0.25, 0.3) is 0 Å². The third-order valence-electron chi connectivity index (χ3n) is 1.59. The van der Waals surface area contributed by atoms with E-state index >= 15 is 0 Å². The summed E-state index contributed by atoms with van der Waals surface area (Å²) in [5.74, 6) is 0.377. The minimum atomic E-state index is 0.377. The zero-order chi connectivity index (χ0) is 9.26. The predicted octanol–water partition coefficient (Wildman–Crippen LogP) is -0.914. The van der Waals surface area contributed by atoms with Gasteiger partial charge in [-0.25, -0.2) is 25.1 Å². The third kappa shape index (κ3) is 1.14. The normalized spacial score (nSPS) is 10.5. The molecule has 0 aliphatic carbocycles. The van der Waals surface area contributed by atoms with E-state index in [4.69, 9.17) is 5.73 Å². The van der Waals surface area contributed by atoms with Gasteiger partial charge in [0.2, 0.25) is 0 Å². The number of nitrogens with one attached hydrogen (secondary N) is 2. The second kappa shape index (κ2) is 2.87. The molecule has 2 aromatic rings. The average Bonchev–Trinajstić information content (AvgIpc) is 2.51. The first-order valence-corrected chi connectivity index (χ1v) is 3.69. The number of rotatable bonds is 2. The molecule has 68 valence electrons. The molecule has 0 spiro atoms. The van der Waals surface area contributed by atoms with E-state index in [1.54, 1.807) is 18.1 Å². The van der Waals surface area contributed by atoms with Crippen molar-refractivity contribution in [2.24, 2.45) is 0 Å². The zero-order valence-corrected chi connectivity index (χ0v) is 7.02. The number of anilines is 1. The predicted molar refractivity (Wildman–Crippen MR) is 48.2 cm³/mol. The molecule has 2 rings (SSSR count). The van der Waals surface area contributed by atoms with Crippen LogP contribution in [-0.2, 0) is 0 Å². The fraction of sp³-hybridized carbons (Fsp3) is 0.167. The van der Waals surface area contributed by atoms with Crippen LogP contribution in [0.3, 0.4) is 0 Å². The summed E-state index contributed by atoms with van der Waals surface area (Å²) < 4.78 is 1.62. The number of imidazole rings is 1. The molecule has 2 heterocycles. The van der Waals surface area contributed by atoms with Gasteiger partial charge in [-0.3, -0.25) is 5.53 Å². The largest absolute Gasteiger partial charge is 0.382 e. The molecule has 2 aromatic heterocycles. The number of nitrogens with two attached hydrogens (primary N) is 1. The molecule has 0 saturated heterocycles. The highest BCUT2D eigenvalue weighted by molar-refractivity contribution is 5.81. The van der Waals surface area contributed by atoms with E-state index in [0.717, 1.165) is 0 Å². The summed E-state index contributed by atoms with van der Waals surface area (Å²) >= 11 is 0. The molecule has 13 heavy (non-hydrogen) atoms. The fourth-order valence-electron chi connectivity index (χ4n) is 1.06. The Hall–Kier alpha value is -1.89. The monoisotopic (exact) mass is 179 g/mol. The summed E-state index contributed by atoms with van der Waals surface area (Å²) in [5.41, 5.74) is 12.4. The number of nitrogen functional groups attached to an aromatic ring is 1. The van der Waals surface area contributed by atoms with Gasteiger partial charge in [-0.05, 0) is 0 Å². The quantitative estimate of drug-likeness (QED) is 0.516. The molecule has 7 nitrogen and oxygen atoms in total. The van der Waals surface area contributed by atoms with Crippen LogP contribution in [0.5, 0.6) is 0 Å². The van der Waals surface area contributed by atoms with Gasteiger partial charge in [0, 0.05) is 7.05 Å². The van der Waals surface area contributed by atoms with Gasteiger partial charge in [-0.1, -0.05) is 0 Å². The lowest BCUT2D eigenvalue weighted by Crippen LogP contribution is -2.25. The summed E-state index contributed by atoms with van der Waals surface area (Å²) in [6.07, 6.45) is 2.97. The minimum Gasteiger partial charge on any atom is -0.382 e. The van der Waals surface area contributed by atoms with Crippen LogP contribution in [0.25, 0.3) is 11.2 Å². The molecule has 0 bridgehead atoms. The number of nitrogens with zero attached hydrogens (tertiary/aromatic N) is 4. The van der Waals surface area contributed by atoms with Crippen molar-refractivity contribution in [2.45, 2.75) is 0 Å². The van der Waals surface area contributed by atoms with Gasteiger partial charge in [0.1, 0.15) is 12.7 Å². The summed E-state index contributed by atoms with van der Waals surface area (Å²) in [5, 5.41) is 0. The van der Waals surface area contributed by atoms with Crippen LogP contribution in [0.15, 0.2) is 12.7 Å². The molecule has 4 N–H and O–H groups in total. The maximum atomic E-state index is 5.59. The lowest BCUT2D eigenvalue weighted by atomic mass is 10.5. The van der Waals surface area contributed by atoms with Crippen LogP contribution < -0.4 is 16.7 Å². The van der Waals surface area contributed by atoms with Crippen LogP contribution in [0.1, 0.15) is 0 Å². The molecule has 0 saturated carbocycles. The third-order valence-corrected chi connectivity index (χ3v) is 1.59. The molecule has 0 atom stereocenters. The number of hydrazine groups is 1. The number of hydrogen-bond donors (Lipinski definition) is 3. The van der Waals surface area contributed by atoms with E-state index in [2.05, 4.69) is 25.9 Å². The maximum Gasteiger partial charge on any atom is 0.185 e. The van der Waals surface area contributed by atoms with Crippen molar-refractivity contribution in [3.05, 3.63) is 12.7 Å². The molecule has 0 unspecified atom stereocenters. The Kier molecular flexibility index (Phi) is 1.71. The molecule has 0 aliphatic heterocycles. The summed E-state index contributed by atoms with van der Waals surface area (Å²) in [6, 6.07) is 0. The average molecular weight is 179 g/mol. The molecular formula is C6H9N7. The number of aromatic nitrogens is 4. The van der Waals surface area contributed by atoms with Crippen molar-refractivity contribution in [3.63, 3.8) is 0 Å². The van der Waals surface area contributed by atoms with Gasteiger partial charge in [-0.2, -0.15) is 0 Å². The Balaban J connectivity index is 2.61. The smallest absolute Gasteiger partial charge is 0.185 e. The van der Waals surface area contributed by atoms with Crippen molar-refractivity contribution >= 4 is 17.0 Å². The van der Waals surface area contributed by atoms with Crippen LogP contribution in [0.4, 0.5) is 5.82 Å². The molecule has 0 aliphatic rings. The van der Waals surface area contributed by atoms with E-state index in [1.165, 1.54) is 6.33 Å². The van der Waals surface area contributed by atoms with Gasteiger partial charge in [0.15, 0.2) is 17.0 Å². The van der Waals surface area contributed by atoms with Gasteiger partial charge in [-0.15, -0.1) is 0 Å². The highest BCUT2D eigenvalue weighted by Gasteiger charge is 2.05. The summed E-state index contributed by atoms with van der Waals surface area (Å²) in [4.78, 5) is 11.9. The van der Waals surface area contributed by atoms with Crippen LogP contribution in [0, 0.1) is 0 Å². The van der Waals surface area contributed by atoms with Gasteiger partial charge < -0.3 is 5.73 Å². The van der Waals surface area contributed by atoms with E-state index in [9.17, 15) is 0 Å². The molecule has 0 radical (unpaired) electrons. The first-order chi connectivity index (χ1) is 6.33. The van der Waals surface area contributed by atoms with E-state index in [-0.39, 0.29) is 0 Å². The number of fused-ring (bicyclic) bond motifs is 1. The lowest BCUT2D eigenvalue weighted by Gasteiger charge is -2.03. The molecule has 0 fully saturated rings. The summed E-state index contributed by atoms with van der Waals surface area (Å²) in [7, 11) is 1.75. The molecule has 0 aromatic carbocycles. The minimum absolute atomic E-state index is 0.377. The van der Waals surface area contributed by atoms with Gasteiger partial charge in [0.05, 0.1) is 0 Å². The van der Waals surface area contributed by atoms with Crippen molar-refractivity contribution in [1.29, 1.82) is 0 Å².